The van der Waals surface area contributed by atoms with Crippen molar-refractivity contribution in [2.75, 3.05) is 6.61 Å². The number of carbonyl (C=O) groups is 1. The molecule has 0 bridgehead atoms. The minimum Gasteiger partial charge on any atom is -0.450 e. The molecule has 0 fully saturated rings. The van der Waals surface area contributed by atoms with Gasteiger partial charge in [-0.25, -0.2) is 9.18 Å². The van der Waals surface area contributed by atoms with Gasteiger partial charge >= 0.3 is 6.09 Å². The van der Waals surface area contributed by atoms with E-state index in [0.29, 0.717) is 6.61 Å². The first kappa shape index (κ1) is 12.5. The molecular weight excluding hydrogens is 209 g/mol. The van der Waals surface area contributed by atoms with E-state index in [9.17, 15) is 9.18 Å². The van der Waals surface area contributed by atoms with E-state index in [1.54, 1.807) is 19.1 Å². The van der Waals surface area contributed by atoms with E-state index in [1.807, 2.05) is 13.8 Å². The van der Waals surface area contributed by atoms with Gasteiger partial charge in [0.1, 0.15) is 5.82 Å². The Balaban J connectivity index is 2.76. The van der Waals surface area contributed by atoms with E-state index in [-0.39, 0.29) is 5.82 Å². The van der Waals surface area contributed by atoms with Crippen LogP contribution in [0.15, 0.2) is 24.3 Å². The van der Waals surface area contributed by atoms with E-state index in [1.165, 1.54) is 12.1 Å². The monoisotopic (exact) mass is 225 g/mol. The molecule has 1 aromatic rings. The minimum absolute atomic E-state index is 0.296. The van der Waals surface area contributed by atoms with E-state index in [0.717, 1.165) is 5.56 Å². The Labute approximate surface area is 94.6 Å². The van der Waals surface area contributed by atoms with Crippen LogP contribution >= 0.6 is 0 Å². The van der Waals surface area contributed by atoms with Gasteiger partial charge in [0.2, 0.25) is 0 Å². The van der Waals surface area contributed by atoms with Crippen molar-refractivity contribution in [1.82, 2.24) is 5.32 Å². The average Bonchev–Trinajstić information content (AvgIpc) is 2.17. The maximum absolute atomic E-state index is 12.7. The first-order valence-electron chi connectivity index (χ1n) is 5.16. The number of benzene rings is 1. The van der Waals surface area contributed by atoms with Crippen molar-refractivity contribution >= 4 is 6.09 Å². The lowest BCUT2D eigenvalue weighted by Crippen LogP contribution is -2.41. The van der Waals surface area contributed by atoms with E-state index in [2.05, 4.69) is 5.32 Å². The maximum Gasteiger partial charge on any atom is 0.407 e. The quantitative estimate of drug-likeness (QED) is 0.859. The van der Waals surface area contributed by atoms with Gasteiger partial charge in [-0.15, -0.1) is 0 Å². The number of alkyl carbamates (subject to hydrolysis) is 1. The SMILES string of the molecule is CCOC(=O)NC(C)(C)c1ccc(F)cc1. The van der Waals surface area contributed by atoms with Crippen LogP contribution in [0.25, 0.3) is 0 Å². The number of nitrogens with one attached hydrogen (secondary N) is 1. The largest absolute Gasteiger partial charge is 0.450 e. The van der Waals surface area contributed by atoms with Crippen LogP contribution in [0, 0.1) is 5.82 Å². The van der Waals surface area contributed by atoms with Gasteiger partial charge in [-0.05, 0) is 38.5 Å². The van der Waals surface area contributed by atoms with Crippen LogP contribution < -0.4 is 5.32 Å². The van der Waals surface area contributed by atoms with Crippen LogP contribution in [0.2, 0.25) is 0 Å². The molecule has 1 N–H and O–H groups in total. The predicted molar refractivity (Wildman–Crippen MR) is 59.6 cm³/mol. The smallest absolute Gasteiger partial charge is 0.407 e. The molecule has 0 atom stereocenters. The molecule has 1 rings (SSSR count). The van der Waals surface area contributed by atoms with Gasteiger partial charge in [-0.3, -0.25) is 0 Å². The number of ether oxygens (including phenoxy) is 1. The lowest BCUT2D eigenvalue weighted by Gasteiger charge is -2.26. The third-order valence-corrected chi connectivity index (χ3v) is 2.26. The zero-order valence-electron chi connectivity index (χ0n) is 9.71. The van der Waals surface area contributed by atoms with Crippen LogP contribution in [-0.4, -0.2) is 12.7 Å². The number of halogens is 1. The molecule has 0 aliphatic carbocycles. The second-order valence-corrected chi connectivity index (χ2v) is 3.98. The van der Waals surface area contributed by atoms with Crippen molar-refractivity contribution in [2.45, 2.75) is 26.3 Å². The minimum atomic E-state index is -0.583. The number of amides is 1. The highest BCUT2D eigenvalue weighted by molar-refractivity contribution is 5.68. The molecule has 88 valence electrons. The van der Waals surface area contributed by atoms with Crippen LogP contribution in [-0.2, 0) is 10.3 Å². The second kappa shape index (κ2) is 4.96. The molecule has 0 saturated carbocycles. The number of rotatable bonds is 3. The topological polar surface area (TPSA) is 38.3 Å². The molecule has 0 spiro atoms. The van der Waals surface area contributed by atoms with Gasteiger partial charge in [-0.1, -0.05) is 12.1 Å². The molecule has 16 heavy (non-hydrogen) atoms. The lowest BCUT2D eigenvalue weighted by atomic mass is 9.94. The van der Waals surface area contributed by atoms with Crippen molar-refractivity contribution in [3.05, 3.63) is 35.6 Å². The van der Waals surface area contributed by atoms with Gasteiger partial charge in [0, 0.05) is 0 Å². The molecule has 0 aliphatic heterocycles. The molecule has 4 heteroatoms. The third-order valence-electron chi connectivity index (χ3n) is 2.26. The van der Waals surface area contributed by atoms with Crippen molar-refractivity contribution in [1.29, 1.82) is 0 Å². The van der Waals surface area contributed by atoms with E-state index >= 15 is 0 Å². The third kappa shape index (κ3) is 3.22. The first-order valence-corrected chi connectivity index (χ1v) is 5.16. The normalized spacial score (nSPS) is 11.0. The zero-order valence-corrected chi connectivity index (χ0v) is 9.71. The summed E-state index contributed by atoms with van der Waals surface area (Å²) in [5.41, 5.74) is 0.238. The summed E-state index contributed by atoms with van der Waals surface area (Å²) in [5, 5.41) is 2.71. The van der Waals surface area contributed by atoms with E-state index in [4.69, 9.17) is 4.74 Å². The maximum atomic E-state index is 12.7. The summed E-state index contributed by atoms with van der Waals surface area (Å²) >= 11 is 0. The Bertz CT molecular complexity index is 360. The van der Waals surface area contributed by atoms with Gasteiger partial charge in [0.05, 0.1) is 12.1 Å². The summed E-state index contributed by atoms with van der Waals surface area (Å²) in [6.45, 7) is 5.73. The Kier molecular flexibility index (Phi) is 3.88. The zero-order chi connectivity index (χ0) is 12.2. The Morgan fingerprint density at radius 1 is 1.38 bits per heavy atom. The molecule has 1 amide bonds. The van der Waals surface area contributed by atoms with Crippen molar-refractivity contribution in [2.24, 2.45) is 0 Å². The molecule has 0 heterocycles. The molecule has 0 unspecified atom stereocenters. The number of hydrogen-bond donors (Lipinski definition) is 1. The summed E-state index contributed by atoms with van der Waals surface area (Å²) in [6, 6.07) is 6.01. The van der Waals surface area contributed by atoms with Crippen molar-refractivity contribution < 1.29 is 13.9 Å². The van der Waals surface area contributed by atoms with Crippen LogP contribution in [0.4, 0.5) is 9.18 Å². The molecule has 0 aliphatic rings. The Morgan fingerprint density at radius 3 is 2.44 bits per heavy atom. The van der Waals surface area contributed by atoms with Crippen molar-refractivity contribution in [3.63, 3.8) is 0 Å². The molecular formula is C12H16FNO2. The fourth-order valence-electron chi connectivity index (χ4n) is 1.36. The highest BCUT2D eigenvalue weighted by Gasteiger charge is 2.23. The van der Waals surface area contributed by atoms with Crippen LogP contribution in [0.3, 0.4) is 0 Å². The summed E-state index contributed by atoms with van der Waals surface area (Å²) in [4.78, 5) is 11.3. The molecule has 3 nitrogen and oxygen atoms in total. The summed E-state index contributed by atoms with van der Waals surface area (Å²) in [7, 11) is 0. The lowest BCUT2D eigenvalue weighted by molar-refractivity contribution is 0.141. The fourth-order valence-corrected chi connectivity index (χ4v) is 1.36. The summed E-state index contributed by atoms with van der Waals surface area (Å²) in [6.07, 6.45) is -0.475. The van der Waals surface area contributed by atoms with Gasteiger partial charge in [0.25, 0.3) is 0 Å². The second-order valence-electron chi connectivity index (χ2n) is 3.98. The Morgan fingerprint density at radius 2 is 1.94 bits per heavy atom. The van der Waals surface area contributed by atoms with Gasteiger partial charge < -0.3 is 10.1 Å². The fraction of sp³-hybridized carbons (Fsp3) is 0.417. The standard InChI is InChI=1S/C12H16FNO2/c1-4-16-11(15)14-12(2,3)9-5-7-10(13)8-6-9/h5-8H,4H2,1-3H3,(H,14,15). The summed E-state index contributed by atoms with van der Waals surface area (Å²) in [5.74, 6) is -0.296. The molecule has 0 aromatic heterocycles. The number of carbonyl (C=O) groups excluding carboxylic acids is 1. The summed E-state index contributed by atoms with van der Waals surface area (Å²) < 4.78 is 17.5. The van der Waals surface area contributed by atoms with Gasteiger partial charge in [0.15, 0.2) is 0 Å². The first-order chi connectivity index (χ1) is 7.45. The molecule has 0 radical (unpaired) electrons. The average molecular weight is 225 g/mol. The van der Waals surface area contributed by atoms with Gasteiger partial charge in [-0.2, -0.15) is 0 Å². The highest BCUT2D eigenvalue weighted by Crippen LogP contribution is 2.20. The van der Waals surface area contributed by atoms with Crippen molar-refractivity contribution in [3.8, 4) is 0 Å². The van der Waals surface area contributed by atoms with E-state index < -0.39 is 11.6 Å². The molecule has 0 saturated heterocycles. The number of hydrogen-bond acceptors (Lipinski definition) is 2. The Hall–Kier alpha value is -1.58. The predicted octanol–water partition coefficient (Wildman–Crippen LogP) is 2.81. The highest BCUT2D eigenvalue weighted by atomic mass is 19.1. The molecule has 1 aromatic carbocycles. The van der Waals surface area contributed by atoms with Crippen LogP contribution in [0.1, 0.15) is 26.3 Å². The van der Waals surface area contributed by atoms with Crippen LogP contribution in [0.5, 0.6) is 0 Å².